The maximum atomic E-state index is 12.8. The number of rotatable bonds is 4. The number of amides is 1. The summed E-state index contributed by atoms with van der Waals surface area (Å²) in [6.45, 7) is 5.34. The van der Waals surface area contributed by atoms with Gasteiger partial charge in [-0.15, -0.1) is 0 Å². The average Bonchev–Trinajstić information content (AvgIpc) is 3.28. The second kappa shape index (κ2) is 7.50. The number of benzene rings is 1. The van der Waals surface area contributed by atoms with Crippen molar-refractivity contribution in [2.45, 2.75) is 32.8 Å². The van der Waals surface area contributed by atoms with Crippen LogP contribution in [-0.2, 0) is 7.05 Å². The molecule has 7 heteroatoms. The van der Waals surface area contributed by atoms with E-state index in [4.69, 9.17) is 4.74 Å². The molecule has 0 aliphatic carbocycles. The predicted octanol–water partition coefficient (Wildman–Crippen LogP) is 3.11. The minimum Gasteiger partial charge on any atom is -0.490 e. The van der Waals surface area contributed by atoms with E-state index in [-0.39, 0.29) is 12.0 Å². The van der Waals surface area contributed by atoms with Gasteiger partial charge in [0.15, 0.2) is 0 Å². The fourth-order valence-electron chi connectivity index (χ4n) is 3.65. The molecular formula is C21H25N5O2. The van der Waals surface area contributed by atoms with Gasteiger partial charge in [0.1, 0.15) is 17.5 Å². The molecule has 3 aromatic rings. The van der Waals surface area contributed by atoms with Crippen molar-refractivity contribution in [1.82, 2.24) is 24.9 Å². The van der Waals surface area contributed by atoms with Crippen molar-refractivity contribution >= 4 is 5.91 Å². The zero-order valence-electron chi connectivity index (χ0n) is 16.5. The highest BCUT2D eigenvalue weighted by atomic mass is 16.5. The number of H-pyrrole nitrogens is 1. The summed E-state index contributed by atoms with van der Waals surface area (Å²) in [5.74, 6) is 0.879. The van der Waals surface area contributed by atoms with Crippen molar-refractivity contribution in [3.05, 3.63) is 53.5 Å². The Balaban J connectivity index is 1.37. The van der Waals surface area contributed by atoms with Gasteiger partial charge >= 0.3 is 0 Å². The van der Waals surface area contributed by atoms with Crippen molar-refractivity contribution in [2.24, 2.45) is 7.05 Å². The normalized spacial score (nSPS) is 15.0. The number of ether oxygens (including phenoxy) is 1. The SMILES string of the molecule is Cc1cccc(OC2CCN(C(=O)c3cc(-c4cn(C)nc4C)n[nH]3)CC2)c1. The molecule has 2 aromatic heterocycles. The lowest BCUT2D eigenvalue weighted by Gasteiger charge is -2.32. The van der Waals surface area contributed by atoms with Crippen LogP contribution in [0.25, 0.3) is 11.3 Å². The lowest BCUT2D eigenvalue weighted by Crippen LogP contribution is -2.41. The van der Waals surface area contributed by atoms with E-state index >= 15 is 0 Å². The topological polar surface area (TPSA) is 76.0 Å². The number of aryl methyl sites for hydroxylation is 3. The Morgan fingerprint density at radius 2 is 2.00 bits per heavy atom. The third kappa shape index (κ3) is 3.78. The van der Waals surface area contributed by atoms with E-state index in [0.29, 0.717) is 18.8 Å². The number of hydrogen-bond acceptors (Lipinski definition) is 4. The molecule has 0 bridgehead atoms. The summed E-state index contributed by atoms with van der Waals surface area (Å²) in [4.78, 5) is 14.7. The van der Waals surface area contributed by atoms with Gasteiger partial charge in [-0.1, -0.05) is 12.1 Å². The maximum absolute atomic E-state index is 12.8. The van der Waals surface area contributed by atoms with Crippen molar-refractivity contribution in [2.75, 3.05) is 13.1 Å². The first-order valence-electron chi connectivity index (χ1n) is 9.58. The van der Waals surface area contributed by atoms with Crippen molar-refractivity contribution < 1.29 is 9.53 Å². The Hall–Kier alpha value is -3.09. The highest BCUT2D eigenvalue weighted by molar-refractivity contribution is 5.93. The molecule has 3 heterocycles. The molecule has 1 saturated heterocycles. The monoisotopic (exact) mass is 379 g/mol. The fourth-order valence-corrected chi connectivity index (χ4v) is 3.65. The number of hydrogen-bond donors (Lipinski definition) is 1. The molecule has 1 aliphatic rings. The highest BCUT2D eigenvalue weighted by Gasteiger charge is 2.26. The average molecular weight is 379 g/mol. The molecule has 4 rings (SSSR count). The molecule has 1 fully saturated rings. The number of likely N-dealkylation sites (tertiary alicyclic amines) is 1. The largest absolute Gasteiger partial charge is 0.490 e. The third-order valence-corrected chi connectivity index (χ3v) is 5.12. The van der Waals surface area contributed by atoms with Crippen LogP contribution in [0.15, 0.2) is 36.5 Å². The van der Waals surface area contributed by atoms with Gasteiger partial charge in [-0.2, -0.15) is 10.2 Å². The van der Waals surface area contributed by atoms with E-state index in [1.165, 1.54) is 5.56 Å². The quantitative estimate of drug-likeness (QED) is 0.756. The highest BCUT2D eigenvalue weighted by Crippen LogP contribution is 2.23. The summed E-state index contributed by atoms with van der Waals surface area (Å²) in [5.41, 5.74) is 4.26. The summed E-state index contributed by atoms with van der Waals surface area (Å²) in [6, 6.07) is 9.89. The number of carbonyl (C=O) groups excluding carboxylic acids is 1. The first-order chi connectivity index (χ1) is 13.5. The molecule has 28 heavy (non-hydrogen) atoms. The van der Waals surface area contributed by atoms with Crippen molar-refractivity contribution in [3.63, 3.8) is 0 Å². The van der Waals surface area contributed by atoms with Crippen LogP contribution in [0.5, 0.6) is 5.75 Å². The maximum Gasteiger partial charge on any atom is 0.271 e. The van der Waals surface area contributed by atoms with Gasteiger partial charge in [-0.05, 0) is 37.6 Å². The van der Waals surface area contributed by atoms with E-state index in [1.807, 2.05) is 49.3 Å². The molecule has 0 unspecified atom stereocenters. The van der Waals surface area contributed by atoms with Gasteiger partial charge in [-0.25, -0.2) is 0 Å². The van der Waals surface area contributed by atoms with Gasteiger partial charge in [0.05, 0.1) is 11.4 Å². The Bertz CT molecular complexity index is 982. The fraction of sp³-hybridized carbons (Fsp3) is 0.381. The van der Waals surface area contributed by atoms with Gasteiger partial charge in [0, 0.05) is 44.7 Å². The van der Waals surface area contributed by atoms with E-state index in [0.717, 1.165) is 35.5 Å². The van der Waals surface area contributed by atoms with Crippen LogP contribution in [0, 0.1) is 13.8 Å². The molecule has 1 amide bonds. The van der Waals surface area contributed by atoms with Crippen molar-refractivity contribution in [3.8, 4) is 17.0 Å². The van der Waals surface area contributed by atoms with Gasteiger partial charge in [0.25, 0.3) is 5.91 Å². The number of nitrogens with zero attached hydrogens (tertiary/aromatic N) is 4. The lowest BCUT2D eigenvalue weighted by atomic mass is 10.1. The number of carbonyl (C=O) groups is 1. The Morgan fingerprint density at radius 1 is 1.21 bits per heavy atom. The number of aromatic amines is 1. The zero-order chi connectivity index (χ0) is 19.7. The van der Waals surface area contributed by atoms with E-state index in [9.17, 15) is 4.79 Å². The molecule has 7 nitrogen and oxygen atoms in total. The van der Waals surface area contributed by atoms with Gasteiger partial charge < -0.3 is 9.64 Å². The summed E-state index contributed by atoms with van der Waals surface area (Å²) >= 11 is 0. The summed E-state index contributed by atoms with van der Waals surface area (Å²) in [6.07, 6.45) is 3.69. The first kappa shape index (κ1) is 18.3. The van der Waals surface area contributed by atoms with Crippen LogP contribution in [0.3, 0.4) is 0 Å². The van der Waals surface area contributed by atoms with E-state index in [2.05, 4.69) is 28.3 Å². The van der Waals surface area contributed by atoms with Crippen LogP contribution < -0.4 is 4.74 Å². The molecular weight excluding hydrogens is 354 g/mol. The minimum absolute atomic E-state index is 0.0192. The summed E-state index contributed by atoms with van der Waals surface area (Å²) in [5, 5.41) is 11.5. The predicted molar refractivity (Wildman–Crippen MR) is 106 cm³/mol. The molecule has 1 aliphatic heterocycles. The molecule has 0 saturated carbocycles. The number of piperidine rings is 1. The smallest absolute Gasteiger partial charge is 0.271 e. The lowest BCUT2D eigenvalue weighted by molar-refractivity contribution is 0.0590. The van der Waals surface area contributed by atoms with Gasteiger partial charge in [-0.3, -0.25) is 14.6 Å². The first-order valence-corrected chi connectivity index (χ1v) is 9.58. The Kier molecular flexibility index (Phi) is 4.90. The van der Waals surface area contributed by atoms with Crippen LogP contribution in [0.4, 0.5) is 0 Å². The summed E-state index contributed by atoms with van der Waals surface area (Å²) < 4.78 is 7.83. The van der Waals surface area contributed by atoms with Crippen LogP contribution >= 0.6 is 0 Å². The molecule has 1 N–H and O–H groups in total. The standard InChI is InChI=1S/C21H25N5O2/c1-14-5-4-6-17(11-14)28-16-7-9-26(10-8-16)21(27)20-12-19(22-23-20)18-13-25(3)24-15(18)2/h4-6,11-13,16H,7-10H2,1-3H3,(H,22,23). The summed E-state index contributed by atoms with van der Waals surface area (Å²) in [7, 11) is 1.87. The second-order valence-corrected chi connectivity index (χ2v) is 7.39. The van der Waals surface area contributed by atoms with Crippen LogP contribution in [0.1, 0.15) is 34.6 Å². The zero-order valence-corrected chi connectivity index (χ0v) is 16.5. The molecule has 146 valence electrons. The number of nitrogens with one attached hydrogen (secondary N) is 1. The minimum atomic E-state index is -0.0192. The molecule has 0 radical (unpaired) electrons. The third-order valence-electron chi connectivity index (χ3n) is 5.12. The molecule has 0 spiro atoms. The van der Waals surface area contributed by atoms with Crippen molar-refractivity contribution in [1.29, 1.82) is 0 Å². The van der Waals surface area contributed by atoms with Crippen LogP contribution in [0.2, 0.25) is 0 Å². The molecule has 1 aromatic carbocycles. The molecule has 0 atom stereocenters. The van der Waals surface area contributed by atoms with E-state index < -0.39 is 0 Å². The number of aromatic nitrogens is 4. The van der Waals surface area contributed by atoms with Gasteiger partial charge in [0.2, 0.25) is 0 Å². The Labute approximate surface area is 164 Å². The Morgan fingerprint density at radius 3 is 2.68 bits per heavy atom. The van der Waals surface area contributed by atoms with Crippen LogP contribution in [-0.4, -0.2) is 50.0 Å². The van der Waals surface area contributed by atoms with E-state index in [1.54, 1.807) is 4.68 Å². The second-order valence-electron chi connectivity index (χ2n) is 7.39.